The third-order valence-corrected chi connectivity index (χ3v) is 4.28. The van der Waals surface area contributed by atoms with E-state index in [1.54, 1.807) is 11.3 Å². The molecule has 1 aliphatic carbocycles. The van der Waals surface area contributed by atoms with Gasteiger partial charge in [-0.1, -0.05) is 30.4 Å². The first-order chi connectivity index (χ1) is 7.81. The molecule has 2 aromatic rings. The molecule has 84 valence electrons. The fourth-order valence-electron chi connectivity index (χ4n) is 2.45. The zero-order valence-corrected chi connectivity index (χ0v) is 10.3. The average molecular weight is 232 g/mol. The largest absolute Gasteiger partial charge is 0.359 e. The van der Waals surface area contributed by atoms with Crippen LogP contribution in [-0.4, -0.2) is 11.0 Å². The summed E-state index contributed by atoms with van der Waals surface area (Å²) >= 11 is 1.76. The van der Waals surface area contributed by atoms with Gasteiger partial charge in [0.25, 0.3) is 0 Å². The first kappa shape index (κ1) is 10.1. The molecule has 0 radical (unpaired) electrons. The molecule has 0 saturated heterocycles. The van der Waals surface area contributed by atoms with Gasteiger partial charge >= 0.3 is 0 Å². The fraction of sp³-hybridized carbons (Fsp3) is 0.462. The molecule has 0 amide bonds. The van der Waals surface area contributed by atoms with E-state index in [-0.39, 0.29) is 0 Å². The summed E-state index contributed by atoms with van der Waals surface area (Å²) in [6.45, 7) is 2.33. The molecule has 0 bridgehead atoms. The van der Waals surface area contributed by atoms with E-state index in [0.29, 0.717) is 6.04 Å². The van der Waals surface area contributed by atoms with Gasteiger partial charge in [0, 0.05) is 6.04 Å². The van der Waals surface area contributed by atoms with Gasteiger partial charge in [0.1, 0.15) is 0 Å². The fourth-order valence-corrected chi connectivity index (χ4v) is 3.39. The van der Waals surface area contributed by atoms with Crippen LogP contribution in [0.2, 0.25) is 0 Å². The number of benzene rings is 1. The molecule has 1 fully saturated rings. The van der Waals surface area contributed by atoms with E-state index < -0.39 is 0 Å². The number of nitrogens with one attached hydrogen (secondary N) is 1. The van der Waals surface area contributed by atoms with Gasteiger partial charge in [-0.25, -0.2) is 4.98 Å². The van der Waals surface area contributed by atoms with E-state index >= 15 is 0 Å². The number of thiazole rings is 1. The van der Waals surface area contributed by atoms with Gasteiger partial charge in [0.15, 0.2) is 5.13 Å². The summed E-state index contributed by atoms with van der Waals surface area (Å²) < 4.78 is 1.27. The highest BCUT2D eigenvalue weighted by atomic mass is 32.1. The molecular weight excluding hydrogens is 216 g/mol. The Hall–Kier alpha value is -1.09. The second-order valence-electron chi connectivity index (χ2n) is 4.75. The molecule has 1 aromatic heterocycles. The van der Waals surface area contributed by atoms with Crippen LogP contribution in [0.3, 0.4) is 0 Å². The number of anilines is 1. The second-order valence-corrected chi connectivity index (χ2v) is 5.78. The average Bonchev–Trinajstić information content (AvgIpc) is 2.84. The van der Waals surface area contributed by atoms with E-state index in [1.165, 1.54) is 24.0 Å². The van der Waals surface area contributed by atoms with Crippen molar-refractivity contribution in [2.45, 2.75) is 32.2 Å². The maximum absolute atomic E-state index is 4.61. The molecule has 1 aliphatic rings. The summed E-state index contributed by atoms with van der Waals surface area (Å²) in [5.41, 5.74) is 1.11. The molecule has 2 atom stereocenters. The topological polar surface area (TPSA) is 24.9 Å². The minimum absolute atomic E-state index is 0.635. The third-order valence-electron chi connectivity index (χ3n) is 3.32. The number of fused-ring (bicyclic) bond motifs is 1. The number of aromatic nitrogens is 1. The molecule has 0 aliphatic heterocycles. The standard InChI is InChI=1S/C13H16N2S/c1-9-6-7-10(8-9)14-13-15-11-4-2-3-5-12(11)16-13/h2-5,9-10H,6-8H2,1H3,(H,14,15). The summed E-state index contributed by atoms with van der Waals surface area (Å²) in [5.74, 6) is 0.867. The van der Waals surface area contributed by atoms with Gasteiger partial charge in [-0.05, 0) is 37.3 Å². The molecule has 1 N–H and O–H groups in total. The Kier molecular flexibility index (Phi) is 2.56. The van der Waals surface area contributed by atoms with Gasteiger partial charge in [-0.3, -0.25) is 0 Å². The zero-order valence-electron chi connectivity index (χ0n) is 9.44. The molecule has 1 saturated carbocycles. The Morgan fingerprint density at radius 2 is 2.19 bits per heavy atom. The third kappa shape index (κ3) is 1.92. The molecule has 2 unspecified atom stereocenters. The predicted molar refractivity (Wildman–Crippen MR) is 70.0 cm³/mol. The number of rotatable bonds is 2. The first-order valence-corrected chi connectivity index (χ1v) is 6.75. The lowest BCUT2D eigenvalue weighted by atomic mass is 10.1. The summed E-state index contributed by atoms with van der Waals surface area (Å²) in [4.78, 5) is 4.61. The van der Waals surface area contributed by atoms with Crippen LogP contribution in [0.5, 0.6) is 0 Å². The highest BCUT2D eigenvalue weighted by molar-refractivity contribution is 7.22. The maximum atomic E-state index is 4.61. The van der Waals surface area contributed by atoms with E-state index in [1.807, 2.05) is 6.07 Å². The van der Waals surface area contributed by atoms with Crippen LogP contribution in [0.15, 0.2) is 24.3 Å². The Labute approximate surface area is 99.7 Å². The first-order valence-electron chi connectivity index (χ1n) is 5.93. The van der Waals surface area contributed by atoms with Gasteiger partial charge in [0.05, 0.1) is 10.2 Å². The minimum Gasteiger partial charge on any atom is -0.359 e. The molecule has 16 heavy (non-hydrogen) atoms. The highest BCUT2D eigenvalue weighted by Gasteiger charge is 2.21. The minimum atomic E-state index is 0.635. The zero-order chi connectivity index (χ0) is 11.0. The van der Waals surface area contributed by atoms with Crippen LogP contribution in [0.1, 0.15) is 26.2 Å². The summed E-state index contributed by atoms with van der Waals surface area (Å²) in [5, 5.41) is 4.65. The second kappa shape index (κ2) is 4.06. The van der Waals surface area contributed by atoms with Crippen LogP contribution >= 0.6 is 11.3 Å². The van der Waals surface area contributed by atoms with E-state index in [9.17, 15) is 0 Å². The number of hydrogen-bond donors (Lipinski definition) is 1. The quantitative estimate of drug-likeness (QED) is 0.849. The van der Waals surface area contributed by atoms with E-state index in [2.05, 4.69) is 35.4 Å². The molecule has 3 heteroatoms. The molecule has 3 rings (SSSR count). The predicted octanol–water partition coefficient (Wildman–Crippen LogP) is 3.90. The Balaban J connectivity index is 1.79. The molecule has 0 spiro atoms. The van der Waals surface area contributed by atoms with E-state index in [0.717, 1.165) is 16.6 Å². The Morgan fingerprint density at radius 3 is 2.94 bits per heavy atom. The summed E-state index contributed by atoms with van der Waals surface area (Å²) in [6, 6.07) is 8.96. The monoisotopic (exact) mass is 232 g/mol. The van der Waals surface area contributed by atoms with Gasteiger partial charge in [-0.2, -0.15) is 0 Å². The van der Waals surface area contributed by atoms with Crippen molar-refractivity contribution >= 4 is 26.7 Å². The van der Waals surface area contributed by atoms with Crippen LogP contribution in [-0.2, 0) is 0 Å². The van der Waals surface area contributed by atoms with Crippen molar-refractivity contribution in [1.82, 2.24) is 4.98 Å². The molecule has 1 aromatic carbocycles. The summed E-state index contributed by atoms with van der Waals surface area (Å²) in [6.07, 6.45) is 3.93. The van der Waals surface area contributed by atoms with Crippen molar-refractivity contribution in [1.29, 1.82) is 0 Å². The van der Waals surface area contributed by atoms with Crippen LogP contribution in [0, 0.1) is 5.92 Å². The number of nitrogens with zero attached hydrogens (tertiary/aromatic N) is 1. The van der Waals surface area contributed by atoms with Gasteiger partial charge < -0.3 is 5.32 Å². The van der Waals surface area contributed by atoms with Crippen LogP contribution < -0.4 is 5.32 Å². The van der Waals surface area contributed by atoms with Gasteiger partial charge in [0.2, 0.25) is 0 Å². The van der Waals surface area contributed by atoms with Crippen molar-refractivity contribution < 1.29 is 0 Å². The highest BCUT2D eigenvalue weighted by Crippen LogP contribution is 2.31. The van der Waals surface area contributed by atoms with Crippen LogP contribution in [0.4, 0.5) is 5.13 Å². The summed E-state index contributed by atoms with van der Waals surface area (Å²) in [7, 11) is 0. The van der Waals surface area contributed by atoms with Crippen molar-refractivity contribution in [2.24, 2.45) is 5.92 Å². The van der Waals surface area contributed by atoms with E-state index in [4.69, 9.17) is 0 Å². The number of hydrogen-bond acceptors (Lipinski definition) is 3. The lowest BCUT2D eigenvalue weighted by Gasteiger charge is -2.10. The SMILES string of the molecule is CC1CCC(Nc2nc3ccccc3s2)C1. The Bertz CT molecular complexity index is 458. The lowest BCUT2D eigenvalue weighted by molar-refractivity contribution is 0.602. The van der Waals surface area contributed by atoms with Gasteiger partial charge in [-0.15, -0.1) is 0 Å². The number of para-hydroxylation sites is 1. The molecular formula is C13H16N2S. The van der Waals surface area contributed by atoms with Crippen molar-refractivity contribution in [3.8, 4) is 0 Å². The molecule has 2 nitrogen and oxygen atoms in total. The normalized spacial score (nSPS) is 25.1. The maximum Gasteiger partial charge on any atom is 0.184 e. The van der Waals surface area contributed by atoms with Crippen molar-refractivity contribution in [3.05, 3.63) is 24.3 Å². The van der Waals surface area contributed by atoms with Crippen molar-refractivity contribution in [2.75, 3.05) is 5.32 Å². The van der Waals surface area contributed by atoms with Crippen LogP contribution in [0.25, 0.3) is 10.2 Å². The lowest BCUT2D eigenvalue weighted by Crippen LogP contribution is -2.14. The smallest absolute Gasteiger partial charge is 0.184 e. The van der Waals surface area contributed by atoms with Crippen molar-refractivity contribution in [3.63, 3.8) is 0 Å². The molecule has 1 heterocycles. The Morgan fingerprint density at radius 1 is 1.31 bits per heavy atom.